The Balaban J connectivity index is 1.43. The van der Waals surface area contributed by atoms with E-state index in [-0.39, 0.29) is 6.42 Å². The SMILES string of the molecule is CCCCCCCCCCCCCCCCCCCCCCCCCCC(=O)OC[C@H]1O[C@H](O[C@]2(CO)O[C@H](CO)[C@@H](O)[C@@H]2O)[C@H](O)[C@@H](O)[C@@H]1O. The van der Waals surface area contributed by atoms with Crippen molar-refractivity contribution in [3.63, 3.8) is 0 Å². The van der Waals surface area contributed by atoms with E-state index in [0.717, 1.165) is 19.3 Å². The van der Waals surface area contributed by atoms with Crippen LogP contribution in [0.4, 0.5) is 0 Å². The van der Waals surface area contributed by atoms with Gasteiger partial charge in [0.2, 0.25) is 5.79 Å². The largest absolute Gasteiger partial charge is 0.463 e. The van der Waals surface area contributed by atoms with Crippen LogP contribution in [0.25, 0.3) is 0 Å². The van der Waals surface area contributed by atoms with Gasteiger partial charge in [0.25, 0.3) is 0 Å². The molecule has 2 saturated heterocycles. The second-order valence-electron chi connectivity index (χ2n) is 14.9. The third-order valence-electron chi connectivity index (χ3n) is 10.5. The second-order valence-corrected chi connectivity index (χ2v) is 14.9. The van der Waals surface area contributed by atoms with Gasteiger partial charge in [0, 0.05) is 6.42 Å². The maximum atomic E-state index is 12.3. The molecule has 2 fully saturated rings. The molecule has 7 N–H and O–H groups in total. The molecule has 0 amide bonds. The Bertz CT molecular complexity index is 864. The first kappa shape index (κ1) is 46.2. The molecule has 0 aromatic heterocycles. The third kappa shape index (κ3) is 17.4. The minimum Gasteiger partial charge on any atom is -0.463 e. The van der Waals surface area contributed by atoms with Gasteiger partial charge in [-0.1, -0.05) is 155 Å². The number of unbranched alkanes of at least 4 members (excludes halogenated alkanes) is 23. The van der Waals surface area contributed by atoms with Gasteiger partial charge in [0.15, 0.2) is 6.29 Å². The highest BCUT2D eigenvalue weighted by atomic mass is 16.8. The molecular weight excluding hydrogens is 660 g/mol. The van der Waals surface area contributed by atoms with Crippen molar-refractivity contribution >= 4 is 5.97 Å². The Morgan fingerprint density at radius 1 is 0.569 bits per heavy atom. The molecule has 2 aliphatic rings. The van der Waals surface area contributed by atoms with Crippen molar-refractivity contribution in [1.82, 2.24) is 0 Å². The van der Waals surface area contributed by atoms with Crippen LogP contribution in [0.2, 0.25) is 0 Å². The molecule has 2 aliphatic heterocycles. The van der Waals surface area contributed by atoms with Gasteiger partial charge in [-0.05, 0) is 6.42 Å². The summed E-state index contributed by atoms with van der Waals surface area (Å²) in [6.07, 6.45) is 18.5. The molecule has 0 unspecified atom stereocenters. The molecule has 0 spiro atoms. The Labute approximate surface area is 307 Å². The van der Waals surface area contributed by atoms with Gasteiger partial charge >= 0.3 is 5.97 Å². The summed E-state index contributed by atoms with van der Waals surface area (Å²) in [6.45, 7) is 0.182. The molecule has 0 radical (unpaired) electrons. The van der Waals surface area contributed by atoms with Crippen LogP contribution >= 0.6 is 0 Å². The Hall–Kier alpha value is -0.930. The van der Waals surface area contributed by atoms with E-state index < -0.39 is 80.6 Å². The van der Waals surface area contributed by atoms with Crippen molar-refractivity contribution in [1.29, 1.82) is 0 Å². The van der Waals surface area contributed by atoms with Crippen molar-refractivity contribution in [2.75, 3.05) is 19.8 Å². The number of hydrogen-bond acceptors (Lipinski definition) is 12. The van der Waals surface area contributed by atoms with Crippen molar-refractivity contribution in [2.45, 2.75) is 222 Å². The maximum absolute atomic E-state index is 12.3. The van der Waals surface area contributed by atoms with Gasteiger partial charge in [-0.3, -0.25) is 4.79 Å². The van der Waals surface area contributed by atoms with Crippen molar-refractivity contribution in [3.8, 4) is 0 Å². The molecule has 0 aromatic rings. The van der Waals surface area contributed by atoms with Crippen LogP contribution in [0, 0.1) is 0 Å². The Morgan fingerprint density at radius 3 is 1.39 bits per heavy atom. The summed E-state index contributed by atoms with van der Waals surface area (Å²) in [5.41, 5.74) is 0. The lowest BCUT2D eigenvalue weighted by atomic mass is 9.99. The van der Waals surface area contributed by atoms with E-state index in [1.807, 2.05) is 0 Å². The van der Waals surface area contributed by atoms with Crippen LogP contribution in [0.15, 0.2) is 0 Å². The molecule has 0 aromatic carbocycles. The number of ether oxygens (including phenoxy) is 4. The van der Waals surface area contributed by atoms with E-state index in [2.05, 4.69) is 6.92 Å². The van der Waals surface area contributed by atoms with Crippen LogP contribution in [0.3, 0.4) is 0 Å². The fourth-order valence-corrected chi connectivity index (χ4v) is 7.10. The normalized spacial score (nSPS) is 29.5. The number of aliphatic hydroxyl groups is 7. The van der Waals surface area contributed by atoms with Gasteiger partial charge in [-0.2, -0.15) is 0 Å². The van der Waals surface area contributed by atoms with E-state index in [1.165, 1.54) is 128 Å². The van der Waals surface area contributed by atoms with Crippen LogP contribution in [0.5, 0.6) is 0 Å². The van der Waals surface area contributed by atoms with Gasteiger partial charge in [-0.15, -0.1) is 0 Å². The Morgan fingerprint density at radius 2 is 1.00 bits per heavy atom. The number of rotatable bonds is 31. The highest BCUT2D eigenvalue weighted by molar-refractivity contribution is 5.69. The van der Waals surface area contributed by atoms with Crippen LogP contribution in [-0.2, 0) is 23.7 Å². The molecule has 0 bridgehead atoms. The van der Waals surface area contributed by atoms with Crippen molar-refractivity contribution in [3.05, 3.63) is 0 Å². The highest BCUT2D eigenvalue weighted by Crippen LogP contribution is 2.36. The molecule has 0 aliphatic carbocycles. The lowest BCUT2D eigenvalue weighted by Crippen LogP contribution is -2.62. The summed E-state index contributed by atoms with van der Waals surface area (Å²) >= 11 is 0. The predicted molar refractivity (Wildman–Crippen MR) is 194 cm³/mol. The average Bonchev–Trinajstić information content (AvgIpc) is 3.37. The van der Waals surface area contributed by atoms with E-state index >= 15 is 0 Å². The van der Waals surface area contributed by atoms with Gasteiger partial charge in [-0.25, -0.2) is 0 Å². The van der Waals surface area contributed by atoms with Gasteiger partial charge in [0.05, 0.1) is 6.61 Å². The molecule has 51 heavy (non-hydrogen) atoms. The minimum atomic E-state index is -2.27. The smallest absolute Gasteiger partial charge is 0.305 e. The average molecular weight is 735 g/mol. The summed E-state index contributed by atoms with van der Waals surface area (Å²) in [4.78, 5) is 12.3. The lowest BCUT2D eigenvalue weighted by Gasteiger charge is -2.43. The lowest BCUT2D eigenvalue weighted by molar-refractivity contribution is -0.383. The van der Waals surface area contributed by atoms with Gasteiger partial charge < -0.3 is 54.7 Å². The first-order valence-corrected chi connectivity index (χ1v) is 20.5. The second kappa shape index (κ2) is 27.6. The van der Waals surface area contributed by atoms with Gasteiger partial charge in [0.1, 0.15) is 55.9 Å². The molecule has 12 nitrogen and oxygen atoms in total. The standard InChI is InChI=1S/C39H74O12/c1-2-3-4-5-6-7-8-9-10-11-12-13-14-15-16-17-18-19-20-21-22-23-24-25-26-32(42)48-28-31-33(43)35(45)36(46)38(49-31)51-39(29-41)37(47)34(44)30(27-40)50-39/h30-31,33-38,40-41,43-47H,2-29H2,1H3/t30-,31-,33-,34-,35+,36-,37+,38-,39+/m1/s1. The molecule has 9 atom stereocenters. The molecule has 12 heteroatoms. The third-order valence-corrected chi connectivity index (χ3v) is 10.5. The molecule has 0 saturated carbocycles. The van der Waals surface area contributed by atoms with E-state index in [0.29, 0.717) is 6.42 Å². The zero-order valence-electron chi connectivity index (χ0n) is 31.6. The first-order chi connectivity index (χ1) is 24.7. The Kier molecular flexibility index (Phi) is 25.0. The van der Waals surface area contributed by atoms with E-state index in [4.69, 9.17) is 18.9 Å². The molecular formula is C39H74O12. The zero-order chi connectivity index (χ0) is 37.3. The number of aliphatic hydroxyl groups excluding tert-OH is 7. The first-order valence-electron chi connectivity index (χ1n) is 20.5. The van der Waals surface area contributed by atoms with Crippen LogP contribution < -0.4 is 0 Å². The number of carbonyl (C=O) groups excluding carboxylic acids is 1. The quantitative estimate of drug-likeness (QED) is 0.0376. The number of carbonyl (C=O) groups is 1. The fourth-order valence-electron chi connectivity index (χ4n) is 7.10. The zero-order valence-corrected chi connectivity index (χ0v) is 31.6. The summed E-state index contributed by atoms with van der Waals surface area (Å²) in [7, 11) is 0. The monoisotopic (exact) mass is 735 g/mol. The molecule has 302 valence electrons. The fraction of sp³-hybridized carbons (Fsp3) is 0.974. The minimum absolute atomic E-state index is 0.196. The van der Waals surface area contributed by atoms with Crippen LogP contribution in [0.1, 0.15) is 167 Å². The van der Waals surface area contributed by atoms with Crippen LogP contribution in [-0.4, -0.2) is 116 Å². The summed E-state index contributed by atoms with van der Waals surface area (Å²) in [5, 5.41) is 70.8. The van der Waals surface area contributed by atoms with E-state index in [1.54, 1.807) is 0 Å². The summed E-state index contributed by atoms with van der Waals surface area (Å²) in [6, 6.07) is 0. The predicted octanol–water partition coefficient (Wildman–Crippen LogP) is 4.93. The van der Waals surface area contributed by atoms with Crippen molar-refractivity contribution < 1.29 is 59.5 Å². The van der Waals surface area contributed by atoms with E-state index in [9.17, 15) is 40.5 Å². The number of esters is 1. The summed E-state index contributed by atoms with van der Waals surface area (Å²) in [5.74, 6) is -2.76. The topological polar surface area (TPSA) is 196 Å². The summed E-state index contributed by atoms with van der Waals surface area (Å²) < 4.78 is 21.6. The molecule has 2 heterocycles. The number of hydrogen-bond donors (Lipinski definition) is 7. The maximum Gasteiger partial charge on any atom is 0.305 e. The van der Waals surface area contributed by atoms with Crippen molar-refractivity contribution in [2.24, 2.45) is 0 Å². The highest BCUT2D eigenvalue weighted by Gasteiger charge is 2.58. The molecule has 2 rings (SSSR count).